The molecule has 196 valence electrons. The van der Waals surface area contributed by atoms with Crippen molar-refractivity contribution >= 4 is 5.91 Å². The number of amides is 1. The first-order chi connectivity index (χ1) is 17.0. The smallest absolute Gasteiger partial charge is 0.331 e. The summed E-state index contributed by atoms with van der Waals surface area (Å²) in [4.78, 5) is 23.3. The maximum atomic E-state index is 13.0. The molecule has 2 aromatic rings. The van der Waals surface area contributed by atoms with Crippen LogP contribution in [0, 0.1) is 13.8 Å². The molecule has 2 bridgehead atoms. The van der Waals surface area contributed by atoms with Crippen molar-refractivity contribution in [3.63, 3.8) is 0 Å². The summed E-state index contributed by atoms with van der Waals surface area (Å²) in [7, 11) is 4.22. The van der Waals surface area contributed by atoms with E-state index in [1.54, 1.807) is 4.90 Å². The molecule has 0 saturated carbocycles. The Balaban J connectivity index is 1.39. The van der Waals surface area contributed by atoms with Crippen molar-refractivity contribution in [2.24, 2.45) is 0 Å². The van der Waals surface area contributed by atoms with Gasteiger partial charge in [-0.2, -0.15) is 13.2 Å². The van der Waals surface area contributed by atoms with Crippen molar-refractivity contribution < 1.29 is 18.0 Å². The van der Waals surface area contributed by atoms with Gasteiger partial charge in [0.05, 0.1) is 5.56 Å². The molecular weight excluding hydrogens is 465 g/mol. The fourth-order valence-electron chi connectivity index (χ4n) is 5.80. The number of fused-ring (bicyclic) bond motifs is 2. The van der Waals surface area contributed by atoms with Gasteiger partial charge in [-0.25, -0.2) is 0 Å². The van der Waals surface area contributed by atoms with E-state index in [4.69, 9.17) is 0 Å². The monoisotopic (exact) mass is 502 g/mol. The van der Waals surface area contributed by atoms with Crippen molar-refractivity contribution in [2.45, 2.75) is 70.8 Å². The lowest BCUT2D eigenvalue weighted by atomic mass is 9.91. The maximum Gasteiger partial charge on any atom is 0.417 e. The fourth-order valence-corrected chi connectivity index (χ4v) is 5.80. The minimum atomic E-state index is -4.46. The van der Waals surface area contributed by atoms with Crippen molar-refractivity contribution in [3.05, 3.63) is 64.0 Å². The number of unbranched alkanes of at least 4 members (excludes halogenated alkanes) is 1. The van der Waals surface area contributed by atoms with Gasteiger partial charge in [-0.15, -0.1) is 0 Å². The molecule has 1 amide bonds. The van der Waals surface area contributed by atoms with Crippen LogP contribution in [0.1, 0.15) is 70.5 Å². The number of rotatable bonds is 8. The van der Waals surface area contributed by atoms with Crippen LogP contribution in [0.15, 0.2) is 30.5 Å². The molecule has 0 N–H and O–H groups in total. The van der Waals surface area contributed by atoms with Crippen LogP contribution in [0.25, 0.3) is 0 Å². The first kappa shape index (κ1) is 26.6. The fraction of sp³-hybridized carbons (Fsp3) is 0.571. The highest BCUT2D eigenvalue weighted by Gasteiger charge is 2.47. The molecular formula is C28H37F3N4O. The van der Waals surface area contributed by atoms with E-state index < -0.39 is 11.7 Å². The maximum absolute atomic E-state index is 13.0. The molecule has 0 unspecified atom stereocenters. The number of aromatic nitrogens is 1. The summed E-state index contributed by atoms with van der Waals surface area (Å²) in [5, 5.41) is 0. The van der Waals surface area contributed by atoms with Gasteiger partial charge in [0, 0.05) is 37.4 Å². The molecule has 2 aliphatic heterocycles. The minimum absolute atomic E-state index is 0.0615. The summed E-state index contributed by atoms with van der Waals surface area (Å²) in [5.74, 6) is -0.283. The molecule has 3 heterocycles. The first-order valence-electron chi connectivity index (χ1n) is 12.8. The lowest BCUT2D eigenvalue weighted by molar-refractivity contribution is -0.137. The largest absolute Gasteiger partial charge is 0.417 e. The van der Waals surface area contributed by atoms with Crippen LogP contribution < -0.4 is 0 Å². The highest BCUT2D eigenvalue weighted by Crippen LogP contribution is 2.39. The van der Waals surface area contributed by atoms with E-state index in [2.05, 4.69) is 61.8 Å². The molecule has 4 rings (SSSR count). The van der Waals surface area contributed by atoms with E-state index >= 15 is 0 Å². The van der Waals surface area contributed by atoms with E-state index in [-0.39, 0.29) is 29.7 Å². The molecule has 1 aromatic carbocycles. The van der Waals surface area contributed by atoms with Gasteiger partial charge in [0.1, 0.15) is 5.69 Å². The minimum Gasteiger partial charge on any atom is -0.331 e. The lowest BCUT2D eigenvalue weighted by Gasteiger charge is -2.38. The molecule has 2 fully saturated rings. The van der Waals surface area contributed by atoms with Crippen molar-refractivity contribution in [3.8, 4) is 0 Å². The number of hydrogen-bond donors (Lipinski definition) is 0. The third-order valence-electron chi connectivity index (χ3n) is 8.04. The number of hydrogen-bond acceptors (Lipinski definition) is 4. The lowest BCUT2D eigenvalue weighted by Crippen LogP contribution is -2.49. The summed E-state index contributed by atoms with van der Waals surface area (Å²) in [6.45, 7) is 9.13. The van der Waals surface area contributed by atoms with Crippen LogP contribution in [0.2, 0.25) is 0 Å². The first-order valence-corrected chi connectivity index (χ1v) is 12.8. The standard InChI is InChI=1S/C28H37F3N4O/c1-18-19(2)25(11-9-21(18)8-6-7-13-33(4)5)20(3)34-16-24-14-23(34)17-35(24)27(36)26-12-10-22(15-32-26)28(29,30)31/h9-12,15,20,23-24H,6-8,13-14,16-17H2,1-5H3/t20-,23-,24-/m0/s1. The van der Waals surface area contributed by atoms with Crippen molar-refractivity contribution in [1.29, 1.82) is 0 Å². The van der Waals surface area contributed by atoms with E-state index in [0.29, 0.717) is 6.54 Å². The van der Waals surface area contributed by atoms with Gasteiger partial charge in [-0.3, -0.25) is 14.7 Å². The number of carbonyl (C=O) groups is 1. The zero-order valence-corrected chi connectivity index (χ0v) is 21.9. The van der Waals surface area contributed by atoms with Crippen LogP contribution in [0.4, 0.5) is 13.2 Å². The van der Waals surface area contributed by atoms with E-state index in [0.717, 1.165) is 38.2 Å². The number of aryl methyl sites for hydroxylation is 1. The summed E-state index contributed by atoms with van der Waals surface area (Å²) in [6.07, 6.45) is 0.640. The molecule has 0 aliphatic carbocycles. The zero-order chi connectivity index (χ0) is 26.2. The van der Waals surface area contributed by atoms with Crippen molar-refractivity contribution in [1.82, 2.24) is 19.7 Å². The molecule has 1 aromatic heterocycles. The second kappa shape index (κ2) is 10.5. The van der Waals surface area contributed by atoms with Crippen LogP contribution in [0.5, 0.6) is 0 Å². The molecule has 3 atom stereocenters. The van der Waals surface area contributed by atoms with Gasteiger partial charge in [0.25, 0.3) is 5.91 Å². The van der Waals surface area contributed by atoms with Gasteiger partial charge in [0.2, 0.25) is 0 Å². The predicted molar refractivity (Wildman–Crippen MR) is 135 cm³/mol. The average molecular weight is 503 g/mol. The highest BCUT2D eigenvalue weighted by molar-refractivity contribution is 5.93. The van der Waals surface area contributed by atoms with Crippen molar-refractivity contribution in [2.75, 3.05) is 33.7 Å². The molecule has 2 saturated heterocycles. The second-order valence-electron chi connectivity index (χ2n) is 10.6. The van der Waals surface area contributed by atoms with E-state index in [1.165, 1.54) is 41.2 Å². The molecule has 0 spiro atoms. The summed E-state index contributed by atoms with van der Waals surface area (Å²) < 4.78 is 38.5. The number of halogens is 3. The number of alkyl halides is 3. The molecule has 8 heteroatoms. The number of piperazine rings is 1. The summed E-state index contributed by atoms with van der Waals surface area (Å²) in [5.41, 5.74) is 4.70. The van der Waals surface area contributed by atoms with Crippen LogP contribution in [-0.2, 0) is 12.6 Å². The quantitative estimate of drug-likeness (QED) is 0.462. The SMILES string of the molecule is Cc1c(CCCCN(C)C)ccc([C@H](C)N2C[C@@H]3C[C@H]2CN3C(=O)c2ccc(C(F)(F)F)cn2)c1C. The Kier molecular flexibility index (Phi) is 7.76. The van der Waals surface area contributed by atoms with Gasteiger partial charge >= 0.3 is 6.18 Å². The Hall–Kier alpha value is -2.45. The van der Waals surface area contributed by atoms with Gasteiger partial charge in [-0.1, -0.05) is 12.1 Å². The predicted octanol–water partition coefficient (Wildman–Crippen LogP) is 5.26. The Labute approximate surface area is 212 Å². The van der Waals surface area contributed by atoms with Crippen LogP contribution in [-0.4, -0.2) is 71.4 Å². The Bertz CT molecular complexity index is 1080. The van der Waals surface area contributed by atoms with Crippen LogP contribution >= 0.6 is 0 Å². The normalized spacial score (nSPS) is 21.0. The third-order valence-corrected chi connectivity index (χ3v) is 8.04. The number of pyridine rings is 1. The van der Waals surface area contributed by atoms with E-state index in [9.17, 15) is 18.0 Å². The number of likely N-dealkylation sites (tertiary alicyclic amines) is 2. The second-order valence-corrected chi connectivity index (χ2v) is 10.6. The van der Waals surface area contributed by atoms with Gasteiger partial charge < -0.3 is 9.80 Å². The summed E-state index contributed by atoms with van der Waals surface area (Å²) >= 11 is 0. The molecule has 36 heavy (non-hydrogen) atoms. The topological polar surface area (TPSA) is 39.7 Å². The number of carbonyl (C=O) groups excluding carboxylic acids is 1. The average Bonchev–Trinajstić information content (AvgIpc) is 3.44. The van der Waals surface area contributed by atoms with Crippen LogP contribution in [0.3, 0.4) is 0 Å². The number of nitrogens with zero attached hydrogens (tertiary/aromatic N) is 4. The third kappa shape index (κ3) is 5.44. The van der Waals surface area contributed by atoms with Gasteiger partial charge in [-0.05, 0) is 101 Å². The van der Waals surface area contributed by atoms with E-state index in [1.807, 2.05) is 0 Å². The Morgan fingerprint density at radius 3 is 2.42 bits per heavy atom. The highest BCUT2D eigenvalue weighted by atomic mass is 19.4. The Morgan fingerprint density at radius 2 is 1.83 bits per heavy atom. The number of benzene rings is 1. The molecule has 5 nitrogen and oxygen atoms in total. The Morgan fingerprint density at radius 1 is 1.08 bits per heavy atom. The van der Waals surface area contributed by atoms with Gasteiger partial charge in [0.15, 0.2) is 0 Å². The molecule has 2 aliphatic rings. The zero-order valence-electron chi connectivity index (χ0n) is 21.9. The molecule has 0 radical (unpaired) electrons. The summed E-state index contributed by atoms with van der Waals surface area (Å²) in [6, 6.07) is 7.22.